The number of nitrogens with zero attached hydrogens (tertiary/aromatic N) is 7. The summed E-state index contributed by atoms with van der Waals surface area (Å²) in [6.07, 6.45) is 4.28. The molecule has 3 amide bonds. The van der Waals surface area contributed by atoms with Gasteiger partial charge in [0, 0.05) is 68.2 Å². The minimum absolute atomic E-state index is 0.105. The molecule has 0 bridgehead atoms. The average molecular weight is 1390 g/mol. The van der Waals surface area contributed by atoms with Gasteiger partial charge in [-0.3, -0.25) is 29.5 Å². The van der Waals surface area contributed by atoms with Crippen LogP contribution in [-0.2, 0) is 39.4 Å². The molecule has 2 saturated carbocycles. The molecule has 6 atom stereocenters. The van der Waals surface area contributed by atoms with Crippen molar-refractivity contribution < 1.29 is 50.7 Å². The number of aliphatic imine (C=N–C) groups is 2. The molecule has 9 rings (SSSR count). The summed E-state index contributed by atoms with van der Waals surface area (Å²) < 4.78 is 82.8. The van der Waals surface area contributed by atoms with E-state index in [1.807, 2.05) is 57.2 Å². The zero-order chi connectivity index (χ0) is 66.2. The van der Waals surface area contributed by atoms with Crippen LogP contribution in [0.4, 0.5) is 33.7 Å². The van der Waals surface area contributed by atoms with Gasteiger partial charge in [0.05, 0.1) is 46.8 Å². The molecule has 2 aliphatic carbocycles. The van der Waals surface area contributed by atoms with Crippen LogP contribution in [0.15, 0.2) is 75.0 Å². The number of benzene rings is 2. The molecule has 0 unspecified atom stereocenters. The fourth-order valence-corrected chi connectivity index (χ4v) is 14.8. The van der Waals surface area contributed by atoms with Crippen molar-refractivity contribution in [2.45, 2.75) is 152 Å². The highest BCUT2D eigenvalue weighted by atomic mass is 127. The Morgan fingerprint density at radius 1 is 0.809 bits per heavy atom. The van der Waals surface area contributed by atoms with Crippen molar-refractivity contribution in [3.63, 3.8) is 0 Å². The minimum atomic E-state index is -1.39. The summed E-state index contributed by atoms with van der Waals surface area (Å²) in [6, 6.07) is 13.1. The van der Waals surface area contributed by atoms with Crippen molar-refractivity contribution >= 4 is 124 Å². The molecule has 5 heterocycles. The van der Waals surface area contributed by atoms with E-state index in [4.69, 9.17) is 42.7 Å². The third kappa shape index (κ3) is 15.1. The lowest BCUT2D eigenvalue weighted by Gasteiger charge is -2.37. The lowest BCUT2D eigenvalue weighted by molar-refractivity contribution is -0.122. The van der Waals surface area contributed by atoms with Crippen LogP contribution in [0.2, 0.25) is 25.7 Å². The molecule has 3 aliphatic heterocycles. The molecular weight excluding hydrogens is 1310 g/mol. The summed E-state index contributed by atoms with van der Waals surface area (Å²) in [5.41, 5.74) is 5.90. The van der Waals surface area contributed by atoms with Crippen molar-refractivity contribution in [3.8, 4) is 0 Å². The van der Waals surface area contributed by atoms with Crippen LogP contribution in [0.25, 0.3) is 27.4 Å². The summed E-state index contributed by atoms with van der Waals surface area (Å²) >= 11 is 4.24. The summed E-state index contributed by atoms with van der Waals surface area (Å²) in [7, 11) is 1.05. The first kappa shape index (κ1) is 70.3. The molecule has 26 heteroatoms. The molecule has 0 spiro atoms. The van der Waals surface area contributed by atoms with E-state index in [1.165, 1.54) is 75.2 Å². The van der Waals surface area contributed by atoms with Crippen LogP contribution in [-0.4, -0.2) is 112 Å². The molecule has 1 saturated heterocycles. The monoisotopic (exact) mass is 1390 g/mol. The normalized spacial score (nSPS) is 24.7. The first-order valence-corrected chi connectivity index (χ1v) is 35.3. The largest absolute Gasteiger partial charge is 0.494 e. The Balaban J connectivity index is 0.000000217. The third-order valence-corrected chi connectivity index (χ3v) is 21.6. The van der Waals surface area contributed by atoms with E-state index >= 15 is 4.39 Å². The van der Waals surface area contributed by atoms with E-state index in [0.717, 1.165) is 6.04 Å². The van der Waals surface area contributed by atoms with Gasteiger partial charge < -0.3 is 35.1 Å². The van der Waals surface area contributed by atoms with Gasteiger partial charge in [0.2, 0.25) is 23.2 Å². The highest BCUT2D eigenvalue weighted by molar-refractivity contribution is 14.1. The molecular formula is C63H76BF4IN10O7S2Si. The number of amidine groups is 2. The zero-order valence-corrected chi connectivity index (χ0v) is 57.8. The SMILES string of the molecule is CNC(=O)[C@]12C[C@H]1[C@@](C)(c1cc(B3OC(C)(C)C(C)(C)O3)ccc1F)N=C(N(COCC[Si](C)(C)C)C(=O)OC(C)(C)C)S2.[C-]#[N+]c1cnc(/C(F)=C/I)c(C)c1.[C-]#[N+]c1cnc(/C(F)=C/c2ccc(F)c([C@@]3(C)N=C(N)S[C@@]4(C(=O)NC)C[C@H]43)c2)c(C)c1. The van der Waals surface area contributed by atoms with Crippen LogP contribution in [0, 0.1) is 50.5 Å². The fraction of sp³-hybridized carbons (Fsp3) is 0.476. The van der Waals surface area contributed by atoms with Gasteiger partial charge in [-0.15, -0.1) is 0 Å². The number of amides is 3. The number of hydrogen-bond donors (Lipinski definition) is 3. The van der Waals surface area contributed by atoms with Gasteiger partial charge in [0.15, 0.2) is 16.2 Å². The van der Waals surface area contributed by atoms with Crippen molar-refractivity contribution in [2.24, 2.45) is 27.6 Å². The molecule has 4 aromatic rings. The van der Waals surface area contributed by atoms with E-state index in [1.54, 1.807) is 79.9 Å². The van der Waals surface area contributed by atoms with Gasteiger partial charge in [-0.2, -0.15) is 0 Å². The van der Waals surface area contributed by atoms with Crippen LogP contribution < -0.4 is 21.8 Å². The van der Waals surface area contributed by atoms with E-state index in [0.29, 0.717) is 64.2 Å². The molecule has 4 N–H and O–H groups in total. The Bertz CT molecular complexity index is 3650. The van der Waals surface area contributed by atoms with E-state index in [2.05, 4.69) is 54.9 Å². The van der Waals surface area contributed by atoms with Crippen LogP contribution in [0.1, 0.15) is 114 Å². The van der Waals surface area contributed by atoms with Gasteiger partial charge >= 0.3 is 13.2 Å². The smallest absolute Gasteiger partial charge is 0.443 e. The van der Waals surface area contributed by atoms with Gasteiger partial charge in [-0.1, -0.05) is 61.4 Å². The number of fused-ring (bicyclic) bond motifs is 2. The number of halogens is 5. The second kappa shape index (κ2) is 26.6. The van der Waals surface area contributed by atoms with Gasteiger partial charge in [0.1, 0.15) is 39.3 Å². The van der Waals surface area contributed by atoms with Crippen LogP contribution >= 0.6 is 46.1 Å². The number of aryl methyl sites for hydroxylation is 2. The highest BCUT2D eigenvalue weighted by Gasteiger charge is 2.72. The minimum Gasteiger partial charge on any atom is -0.443 e. The number of carbonyl (C=O) groups is 3. The van der Waals surface area contributed by atoms with E-state index in [9.17, 15) is 27.6 Å². The Hall–Kier alpha value is -6.14. The van der Waals surface area contributed by atoms with Crippen molar-refractivity contribution in [2.75, 3.05) is 27.4 Å². The highest BCUT2D eigenvalue weighted by Crippen LogP contribution is 2.67. The number of ether oxygens (including phenoxy) is 2. The molecule has 5 aliphatic rings. The lowest BCUT2D eigenvalue weighted by atomic mass is 9.75. The van der Waals surface area contributed by atoms with E-state index < -0.39 is 76.1 Å². The maximum atomic E-state index is 15.9. The fourth-order valence-electron chi connectivity index (χ4n) is 10.8. The molecule has 474 valence electrons. The van der Waals surface area contributed by atoms with Gasteiger partial charge in [-0.25, -0.2) is 36.9 Å². The Kier molecular flexibility index (Phi) is 21.0. The number of pyridine rings is 2. The first-order valence-electron chi connectivity index (χ1n) is 28.7. The summed E-state index contributed by atoms with van der Waals surface area (Å²) in [4.78, 5) is 64.8. The quantitative estimate of drug-likeness (QED) is 0.0286. The topological polar surface area (TPSA) is 201 Å². The van der Waals surface area contributed by atoms with Gasteiger partial charge in [0.25, 0.3) is 0 Å². The average Bonchev–Trinajstić information content (AvgIpc) is 1.55. The second-order valence-corrected chi connectivity index (χ2v) is 34.9. The molecule has 3 fully saturated rings. The summed E-state index contributed by atoms with van der Waals surface area (Å²) in [5, 5.41) is 5.92. The number of aromatic nitrogens is 2. The zero-order valence-electron chi connectivity index (χ0n) is 53.0. The van der Waals surface area contributed by atoms with Crippen molar-refractivity contribution in [3.05, 3.63) is 139 Å². The first-order chi connectivity index (χ1) is 41.4. The summed E-state index contributed by atoms with van der Waals surface area (Å²) in [6.45, 7) is 41.1. The Morgan fingerprint density at radius 3 is 1.79 bits per heavy atom. The number of nitrogens with two attached hydrogens (primary N) is 1. The van der Waals surface area contributed by atoms with Crippen LogP contribution in [0.5, 0.6) is 0 Å². The predicted molar refractivity (Wildman–Crippen MR) is 357 cm³/mol. The number of nitrogens with one attached hydrogen (secondary N) is 2. The standard InChI is InChI=1S/C31H49BFN3O6SSi.C23H21F2N5OS.C9H6FIN2/c1-27(2,3)40-26(38)36(19-39-15-16-44(10,11)12)25-35-30(8,23-18-31(23,43-25)24(37)34-9)21-17-20(13-14-22(21)33)32-41-28(4,5)29(6,7)42-32;1-12-7-14(27-3)11-29-19(12)17(25)9-13-5-6-16(24)15(8-13)22(2)18-10-23(18,20(31)28-4)32-21(26)30-22;1-6-3-7(12-2)5-13-9(6)8(10)4-11/h13-14,17,23H,15-16,18-19H2,1-12H3,(H,34,37);5-9,11,18H,10H2,1-2,4H3,(H2,26,30)(H,28,31);3-5H,1H3/b;17-9-;8-4-/t23-,30+,31-;18-,22+,23-;/m00./s1. The van der Waals surface area contributed by atoms with Crippen LogP contribution in [0.3, 0.4) is 0 Å². The predicted octanol–water partition coefficient (Wildman–Crippen LogP) is 13.5. The third-order valence-electron chi connectivity index (χ3n) is 16.5. The Labute approximate surface area is 542 Å². The molecule has 89 heavy (non-hydrogen) atoms. The maximum absolute atomic E-state index is 15.9. The van der Waals surface area contributed by atoms with Crippen molar-refractivity contribution in [1.29, 1.82) is 0 Å². The van der Waals surface area contributed by atoms with Gasteiger partial charge in [-0.05, 0) is 176 Å². The lowest BCUT2D eigenvalue weighted by Crippen LogP contribution is -2.48. The molecule has 17 nitrogen and oxygen atoms in total. The molecule has 0 radical (unpaired) electrons. The second-order valence-electron chi connectivity index (χ2n) is 26.0. The number of hydrogen-bond acceptors (Lipinski definition) is 14. The number of thioether (sulfide) groups is 2. The molecule has 2 aromatic heterocycles. The maximum Gasteiger partial charge on any atom is 0.494 e. The number of carbonyl (C=O) groups excluding carboxylic acids is 3. The molecule has 2 aromatic carbocycles. The summed E-state index contributed by atoms with van der Waals surface area (Å²) in [5.74, 6) is -2.85. The van der Waals surface area contributed by atoms with E-state index in [-0.39, 0.29) is 57.8 Å². The number of rotatable bonds is 13. The Morgan fingerprint density at radius 2 is 1.30 bits per heavy atom. The van der Waals surface area contributed by atoms with Crippen molar-refractivity contribution in [1.82, 2.24) is 25.5 Å².